The van der Waals surface area contributed by atoms with Gasteiger partial charge in [-0.25, -0.2) is 0 Å². The summed E-state index contributed by atoms with van der Waals surface area (Å²) in [4.78, 5) is 14.7. The third kappa shape index (κ3) is 3.30. The smallest absolute Gasteiger partial charge is 0.223 e. The number of amides is 1. The van der Waals surface area contributed by atoms with E-state index in [0.29, 0.717) is 12.8 Å². The fourth-order valence-electron chi connectivity index (χ4n) is 3.47. The van der Waals surface area contributed by atoms with E-state index in [2.05, 4.69) is 17.3 Å². The van der Waals surface area contributed by atoms with Crippen molar-refractivity contribution >= 4 is 5.91 Å². The Bertz CT molecular complexity index is 686. The molecule has 1 fully saturated rings. The van der Waals surface area contributed by atoms with Crippen molar-refractivity contribution in [3.05, 3.63) is 46.8 Å². The molecule has 128 valence electrons. The molecule has 0 aliphatic carbocycles. The summed E-state index contributed by atoms with van der Waals surface area (Å²) in [6.07, 6.45) is 3.25. The van der Waals surface area contributed by atoms with Crippen LogP contribution in [0.3, 0.4) is 0 Å². The highest BCUT2D eigenvalue weighted by molar-refractivity contribution is 5.77. The van der Waals surface area contributed by atoms with E-state index in [-0.39, 0.29) is 11.9 Å². The Morgan fingerprint density at radius 1 is 1.33 bits per heavy atom. The molecule has 1 aliphatic rings. The zero-order chi connectivity index (χ0) is 17.1. The number of likely N-dealkylation sites (tertiary alicyclic amines) is 1. The van der Waals surface area contributed by atoms with E-state index in [1.165, 1.54) is 5.56 Å². The number of hydrogen-bond donors (Lipinski definition) is 0. The summed E-state index contributed by atoms with van der Waals surface area (Å²) in [5.74, 6) is 1.86. The third-order valence-electron chi connectivity index (χ3n) is 4.84. The Labute approximate surface area is 142 Å². The van der Waals surface area contributed by atoms with E-state index < -0.39 is 0 Å². The van der Waals surface area contributed by atoms with Gasteiger partial charge in [0.15, 0.2) is 0 Å². The van der Waals surface area contributed by atoms with Crippen LogP contribution in [-0.2, 0) is 11.2 Å². The first-order chi connectivity index (χ1) is 11.6. The van der Waals surface area contributed by atoms with Gasteiger partial charge in [0.2, 0.25) is 5.91 Å². The quantitative estimate of drug-likeness (QED) is 0.841. The molecule has 1 aromatic carbocycles. The van der Waals surface area contributed by atoms with Crippen LogP contribution in [0.1, 0.15) is 47.9 Å². The molecule has 0 spiro atoms. The molecule has 1 amide bonds. The predicted octanol–water partition coefficient (Wildman–Crippen LogP) is 3.60. The monoisotopic (exact) mass is 328 g/mol. The molecular weight excluding hydrogens is 304 g/mol. The summed E-state index contributed by atoms with van der Waals surface area (Å²) < 4.78 is 10.4. The molecule has 1 unspecified atom stereocenters. The second-order valence-corrected chi connectivity index (χ2v) is 6.32. The highest BCUT2D eigenvalue weighted by Gasteiger charge is 2.29. The van der Waals surface area contributed by atoms with Crippen molar-refractivity contribution in [2.45, 2.75) is 45.6 Å². The van der Waals surface area contributed by atoms with Gasteiger partial charge in [-0.2, -0.15) is 0 Å². The van der Waals surface area contributed by atoms with Crippen LogP contribution in [0.15, 0.2) is 28.8 Å². The van der Waals surface area contributed by atoms with Crippen LogP contribution in [0.2, 0.25) is 0 Å². The van der Waals surface area contributed by atoms with Crippen molar-refractivity contribution < 1.29 is 14.1 Å². The van der Waals surface area contributed by atoms with E-state index in [4.69, 9.17) is 9.26 Å². The Hall–Kier alpha value is -2.30. The van der Waals surface area contributed by atoms with Gasteiger partial charge in [0.05, 0.1) is 18.8 Å². The number of aromatic nitrogens is 1. The predicted molar refractivity (Wildman–Crippen MR) is 91.0 cm³/mol. The van der Waals surface area contributed by atoms with Gasteiger partial charge >= 0.3 is 0 Å². The minimum Gasteiger partial charge on any atom is -0.497 e. The number of aryl methyl sites for hydroxylation is 2. The van der Waals surface area contributed by atoms with Crippen LogP contribution >= 0.6 is 0 Å². The van der Waals surface area contributed by atoms with E-state index >= 15 is 0 Å². The van der Waals surface area contributed by atoms with Gasteiger partial charge in [-0.05, 0) is 50.8 Å². The largest absolute Gasteiger partial charge is 0.497 e. The summed E-state index contributed by atoms with van der Waals surface area (Å²) >= 11 is 0. The second-order valence-electron chi connectivity index (χ2n) is 6.32. The number of rotatable bonds is 5. The van der Waals surface area contributed by atoms with Gasteiger partial charge in [-0.15, -0.1) is 0 Å². The van der Waals surface area contributed by atoms with Crippen LogP contribution in [0, 0.1) is 13.8 Å². The number of carbonyl (C=O) groups is 1. The first-order valence-electron chi connectivity index (χ1n) is 8.45. The van der Waals surface area contributed by atoms with E-state index in [0.717, 1.165) is 42.2 Å². The highest BCUT2D eigenvalue weighted by atomic mass is 16.5. The Balaban J connectivity index is 1.67. The van der Waals surface area contributed by atoms with Crippen molar-refractivity contribution in [3.8, 4) is 5.75 Å². The number of benzene rings is 1. The molecule has 24 heavy (non-hydrogen) atoms. The number of nitrogens with zero attached hydrogens (tertiary/aromatic N) is 2. The summed E-state index contributed by atoms with van der Waals surface area (Å²) in [6.45, 7) is 4.65. The van der Waals surface area contributed by atoms with Crippen LogP contribution in [0.4, 0.5) is 0 Å². The summed E-state index contributed by atoms with van der Waals surface area (Å²) in [6, 6.07) is 8.21. The van der Waals surface area contributed by atoms with E-state index in [1.807, 2.05) is 30.9 Å². The fourth-order valence-corrected chi connectivity index (χ4v) is 3.47. The average molecular weight is 328 g/mol. The number of hydrogen-bond acceptors (Lipinski definition) is 4. The van der Waals surface area contributed by atoms with Gasteiger partial charge < -0.3 is 14.2 Å². The summed E-state index contributed by atoms with van der Waals surface area (Å²) in [7, 11) is 1.66. The molecule has 0 saturated carbocycles. The van der Waals surface area contributed by atoms with Crippen LogP contribution in [0.5, 0.6) is 5.75 Å². The minimum atomic E-state index is 0.174. The molecule has 1 aromatic heterocycles. The standard InChI is InChI=1S/C19H24N2O3/c1-13-17(14(2)24-20-13)10-11-19(22)21-12-4-5-18(21)15-6-8-16(23-3)9-7-15/h6-9,18H,4-5,10-12H2,1-3H3. The maximum absolute atomic E-state index is 12.7. The first kappa shape index (κ1) is 16.6. The van der Waals surface area contributed by atoms with Crippen molar-refractivity contribution in [1.29, 1.82) is 0 Å². The molecule has 5 heteroatoms. The van der Waals surface area contributed by atoms with Crippen molar-refractivity contribution in [2.75, 3.05) is 13.7 Å². The average Bonchev–Trinajstić information content (AvgIpc) is 3.20. The Kier molecular flexibility index (Phi) is 4.88. The molecule has 0 bridgehead atoms. The SMILES string of the molecule is COc1ccc(C2CCCN2C(=O)CCc2c(C)noc2C)cc1. The van der Waals surface area contributed by atoms with E-state index in [1.54, 1.807) is 7.11 Å². The van der Waals surface area contributed by atoms with Gasteiger partial charge in [0, 0.05) is 18.5 Å². The Morgan fingerprint density at radius 2 is 2.08 bits per heavy atom. The molecule has 5 nitrogen and oxygen atoms in total. The van der Waals surface area contributed by atoms with Crippen LogP contribution in [0.25, 0.3) is 0 Å². The summed E-state index contributed by atoms with van der Waals surface area (Å²) in [5, 5.41) is 3.96. The van der Waals surface area contributed by atoms with E-state index in [9.17, 15) is 4.79 Å². The lowest BCUT2D eigenvalue weighted by Crippen LogP contribution is -2.30. The number of carbonyl (C=O) groups excluding carboxylic acids is 1. The molecule has 3 rings (SSSR count). The fraction of sp³-hybridized carbons (Fsp3) is 0.474. The highest BCUT2D eigenvalue weighted by Crippen LogP contribution is 2.33. The van der Waals surface area contributed by atoms with Crippen molar-refractivity contribution in [2.24, 2.45) is 0 Å². The first-order valence-corrected chi connectivity index (χ1v) is 8.45. The van der Waals surface area contributed by atoms with Crippen molar-refractivity contribution in [1.82, 2.24) is 10.1 Å². The molecule has 0 N–H and O–H groups in total. The number of methoxy groups -OCH3 is 1. The number of ether oxygens (including phenoxy) is 1. The van der Waals surface area contributed by atoms with Crippen LogP contribution < -0.4 is 4.74 Å². The van der Waals surface area contributed by atoms with Gasteiger partial charge in [0.1, 0.15) is 11.5 Å². The molecule has 1 atom stereocenters. The zero-order valence-electron chi connectivity index (χ0n) is 14.5. The van der Waals surface area contributed by atoms with Gasteiger partial charge in [-0.3, -0.25) is 4.79 Å². The third-order valence-corrected chi connectivity index (χ3v) is 4.84. The van der Waals surface area contributed by atoms with Crippen molar-refractivity contribution in [3.63, 3.8) is 0 Å². The second kappa shape index (κ2) is 7.07. The molecule has 2 aromatic rings. The molecule has 1 aliphatic heterocycles. The topological polar surface area (TPSA) is 55.6 Å². The molecule has 0 radical (unpaired) electrons. The molecule has 1 saturated heterocycles. The van der Waals surface area contributed by atoms with Gasteiger partial charge in [0.25, 0.3) is 0 Å². The lowest BCUT2D eigenvalue weighted by Gasteiger charge is -2.25. The maximum Gasteiger partial charge on any atom is 0.223 e. The lowest BCUT2D eigenvalue weighted by molar-refractivity contribution is -0.132. The Morgan fingerprint density at radius 3 is 2.71 bits per heavy atom. The summed E-state index contributed by atoms with van der Waals surface area (Å²) in [5.41, 5.74) is 3.12. The normalized spacial score (nSPS) is 17.3. The molecule has 2 heterocycles. The molecular formula is C19H24N2O3. The van der Waals surface area contributed by atoms with Crippen LogP contribution in [-0.4, -0.2) is 29.6 Å². The zero-order valence-corrected chi connectivity index (χ0v) is 14.5. The lowest BCUT2D eigenvalue weighted by atomic mass is 10.0. The van der Waals surface area contributed by atoms with Gasteiger partial charge in [-0.1, -0.05) is 17.3 Å². The maximum atomic E-state index is 12.7. The minimum absolute atomic E-state index is 0.174.